The molecule has 3 heteroatoms. The Hall–Kier alpha value is -0.990. The van der Waals surface area contributed by atoms with Crippen LogP contribution in [0.3, 0.4) is 0 Å². The first-order chi connectivity index (χ1) is 8.58. The molecule has 3 nitrogen and oxygen atoms in total. The van der Waals surface area contributed by atoms with Crippen LogP contribution in [0.1, 0.15) is 61.8 Å². The number of alkyl carbamates (subject to hydrolysis) is 1. The van der Waals surface area contributed by atoms with Crippen LogP contribution in [0.2, 0.25) is 0 Å². The number of allylic oxidation sites excluding steroid dienone is 1. The summed E-state index contributed by atoms with van der Waals surface area (Å²) in [5.74, 6) is 1.02. The van der Waals surface area contributed by atoms with Crippen molar-refractivity contribution in [2.24, 2.45) is 11.8 Å². The number of hydrogen-bond acceptors (Lipinski definition) is 2. The third-order valence-electron chi connectivity index (χ3n) is 2.92. The van der Waals surface area contributed by atoms with Crippen molar-refractivity contribution in [2.75, 3.05) is 6.54 Å². The quantitative estimate of drug-likeness (QED) is 0.745. The summed E-state index contributed by atoms with van der Waals surface area (Å²) in [5.41, 5.74) is 2.31. The number of nitrogens with one attached hydrogen (secondary N) is 1. The zero-order chi connectivity index (χ0) is 15.2. The SMILES string of the molecule is CCC(CNC(=O)OC(C)(C)C)=C(C(C)C)C(C)C. The summed E-state index contributed by atoms with van der Waals surface area (Å²) in [5, 5.41) is 2.86. The standard InChI is InChI=1S/C16H31NO2/c1-9-13(14(11(2)3)12(4)5)10-17-15(18)19-16(6,7)8/h11-12H,9-10H2,1-8H3,(H,17,18). The highest BCUT2D eigenvalue weighted by atomic mass is 16.6. The number of amides is 1. The smallest absolute Gasteiger partial charge is 0.407 e. The van der Waals surface area contributed by atoms with E-state index in [4.69, 9.17) is 4.74 Å². The van der Waals surface area contributed by atoms with Crippen LogP contribution in [0.5, 0.6) is 0 Å². The summed E-state index contributed by atoms with van der Waals surface area (Å²) in [6, 6.07) is 0. The molecule has 112 valence electrons. The molecule has 0 atom stereocenters. The van der Waals surface area contributed by atoms with E-state index in [2.05, 4.69) is 39.9 Å². The van der Waals surface area contributed by atoms with Crippen molar-refractivity contribution < 1.29 is 9.53 Å². The minimum absolute atomic E-state index is 0.342. The van der Waals surface area contributed by atoms with E-state index in [0.717, 1.165) is 6.42 Å². The van der Waals surface area contributed by atoms with Gasteiger partial charge in [0.2, 0.25) is 0 Å². The van der Waals surface area contributed by atoms with Crippen molar-refractivity contribution in [1.82, 2.24) is 5.32 Å². The Morgan fingerprint density at radius 3 is 1.89 bits per heavy atom. The van der Waals surface area contributed by atoms with E-state index in [0.29, 0.717) is 18.4 Å². The first-order valence-corrected chi connectivity index (χ1v) is 7.27. The summed E-state index contributed by atoms with van der Waals surface area (Å²) in [6.07, 6.45) is 0.618. The lowest BCUT2D eigenvalue weighted by atomic mass is 9.87. The lowest BCUT2D eigenvalue weighted by Gasteiger charge is -2.23. The van der Waals surface area contributed by atoms with Gasteiger partial charge >= 0.3 is 6.09 Å². The van der Waals surface area contributed by atoms with E-state index < -0.39 is 5.60 Å². The lowest BCUT2D eigenvalue weighted by Crippen LogP contribution is -2.34. The van der Waals surface area contributed by atoms with Crippen molar-refractivity contribution >= 4 is 6.09 Å². The van der Waals surface area contributed by atoms with Gasteiger partial charge in [0.15, 0.2) is 0 Å². The van der Waals surface area contributed by atoms with Gasteiger partial charge in [-0.25, -0.2) is 4.79 Å². The van der Waals surface area contributed by atoms with Crippen LogP contribution in [0.15, 0.2) is 11.1 Å². The molecular formula is C16H31NO2. The van der Waals surface area contributed by atoms with Gasteiger partial charge in [-0.3, -0.25) is 0 Å². The van der Waals surface area contributed by atoms with Crippen LogP contribution in [-0.2, 0) is 4.74 Å². The van der Waals surface area contributed by atoms with Gasteiger partial charge < -0.3 is 10.1 Å². The molecule has 0 aliphatic heterocycles. The molecule has 0 saturated heterocycles. The van der Waals surface area contributed by atoms with Crippen molar-refractivity contribution in [3.8, 4) is 0 Å². The van der Waals surface area contributed by atoms with Crippen molar-refractivity contribution in [3.05, 3.63) is 11.1 Å². The third kappa shape index (κ3) is 7.24. The monoisotopic (exact) mass is 269 g/mol. The van der Waals surface area contributed by atoms with Crippen molar-refractivity contribution in [1.29, 1.82) is 0 Å². The van der Waals surface area contributed by atoms with Gasteiger partial charge in [0, 0.05) is 6.54 Å². The summed E-state index contributed by atoms with van der Waals surface area (Å²) in [7, 11) is 0. The molecule has 0 aromatic carbocycles. The Morgan fingerprint density at radius 1 is 1.11 bits per heavy atom. The maximum Gasteiger partial charge on any atom is 0.407 e. The van der Waals surface area contributed by atoms with E-state index in [-0.39, 0.29) is 6.09 Å². The van der Waals surface area contributed by atoms with E-state index in [1.807, 2.05) is 20.8 Å². The Labute approximate surface area is 118 Å². The summed E-state index contributed by atoms with van der Waals surface area (Å²) < 4.78 is 5.26. The number of carbonyl (C=O) groups excluding carboxylic acids is 1. The van der Waals surface area contributed by atoms with Crippen molar-refractivity contribution in [2.45, 2.75) is 67.4 Å². The maximum absolute atomic E-state index is 11.7. The predicted molar refractivity (Wildman–Crippen MR) is 81.2 cm³/mol. The minimum Gasteiger partial charge on any atom is -0.444 e. The molecule has 0 bridgehead atoms. The van der Waals surface area contributed by atoms with E-state index in [1.54, 1.807) is 0 Å². The van der Waals surface area contributed by atoms with Crippen LogP contribution < -0.4 is 5.32 Å². The van der Waals surface area contributed by atoms with Gasteiger partial charge in [-0.05, 0) is 39.0 Å². The average molecular weight is 269 g/mol. The highest BCUT2D eigenvalue weighted by molar-refractivity contribution is 5.68. The summed E-state index contributed by atoms with van der Waals surface area (Å²) >= 11 is 0. The fourth-order valence-corrected chi connectivity index (χ4v) is 2.41. The molecular weight excluding hydrogens is 238 g/mol. The van der Waals surface area contributed by atoms with E-state index >= 15 is 0 Å². The number of hydrogen-bond donors (Lipinski definition) is 1. The Kier molecular flexibility index (Phi) is 7.17. The highest BCUT2D eigenvalue weighted by Crippen LogP contribution is 2.24. The van der Waals surface area contributed by atoms with E-state index in [1.165, 1.54) is 11.1 Å². The molecule has 0 radical (unpaired) electrons. The van der Waals surface area contributed by atoms with Gasteiger partial charge in [0.1, 0.15) is 5.60 Å². The fraction of sp³-hybridized carbons (Fsp3) is 0.812. The molecule has 0 aliphatic rings. The van der Waals surface area contributed by atoms with Gasteiger partial charge in [-0.15, -0.1) is 0 Å². The normalized spacial score (nSPS) is 11.7. The second-order valence-corrected chi connectivity index (χ2v) is 6.58. The number of ether oxygens (including phenoxy) is 1. The molecule has 0 aromatic rings. The fourth-order valence-electron chi connectivity index (χ4n) is 2.41. The molecule has 0 unspecified atom stereocenters. The summed E-state index contributed by atoms with van der Waals surface area (Å²) in [6.45, 7) is 17.2. The minimum atomic E-state index is -0.445. The first kappa shape index (κ1) is 18.0. The van der Waals surface area contributed by atoms with Gasteiger partial charge in [-0.1, -0.05) is 45.8 Å². The molecule has 0 rings (SSSR count). The highest BCUT2D eigenvalue weighted by Gasteiger charge is 2.17. The Balaban J connectivity index is 4.74. The van der Waals surface area contributed by atoms with Crippen LogP contribution in [0, 0.1) is 11.8 Å². The zero-order valence-electron chi connectivity index (χ0n) is 13.9. The largest absolute Gasteiger partial charge is 0.444 e. The van der Waals surface area contributed by atoms with Crippen LogP contribution in [0.25, 0.3) is 0 Å². The van der Waals surface area contributed by atoms with Gasteiger partial charge in [-0.2, -0.15) is 0 Å². The van der Waals surface area contributed by atoms with E-state index in [9.17, 15) is 4.79 Å². The van der Waals surface area contributed by atoms with Gasteiger partial charge in [0.05, 0.1) is 0 Å². The number of carbonyl (C=O) groups is 1. The second-order valence-electron chi connectivity index (χ2n) is 6.58. The molecule has 19 heavy (non-hydrogen) atoms. The molecule has 1 amide bonds. The van der Waals surface area contributed by atoms with Gasteiger partial charge in [0.25, 0.3) is 0 Å². The lowest BCUT2D eigenvalue weighted by molar-refractivity contribution is 0.0532. The number of rotatable bonds is 5. The predicted octanol–water partition coefficient (Wildman–Crippen LogP) is 4.53. The zero-order valence-corrected chi connectivity index (χ0v) is 13.9. The first-order valence-electron chi connectivity index (χ1n) is 7.27. The van der Waals surface area contributed by atoms with Crippen LogP contribution in [0.4, 0.5) is 4.79 Å². The molecule has 1 N–H and O–H groups in total. The summed E-state index contributed by atoms with van der Waals surface area (Å²) in [4.78, 5) is 11.7. The Bertz CT molecular complexity index is 312. The van der Waals surface area contributed by atoms with Crippen molar-refractivity contribution in [3.63, 3.8) is 0 Å². The molecule has 0 aliphatic carbocycles. The molecule has 0 fully saturated rings. The van der Waals surface area contributed by atoms with Crippen LogP contribution in [-0.4, -0.2) is 18.2 Å². The second kappa shape index (κ2) is 7.56. The molecule has 0 heterocycles. The molecule has 0 spiro atoms. The van der Waals surface area contributed by atoms with Crippen LogP contribution >= 0.6 is 0 Å². The molecule has 0 saturated carbocycles. The molecule has 0 aromatic heterocycles. The third-order valence-corrected chi connectivity index (χ3v) is 2.92. The Morgan fingerprint density at radius 2 is 1.58 bits per heavy atom. The maximum atomic E-state index is 11.7. The topological polar surface area (TPSA) is 38.3 Å². The average Bonchev–Trinajstić information content (AvgIpc) is 2.19.